The minimum Gasteiger partial charge on any atom is -0.300 e. The zero-order chi connectivity index (χ0) is 42.6. The van der Waals surface area contributed by atoms with Crippen LogP contribution in [-0.4, -0.2) is 92.3 Å². The third-order valence-corrected chi connectivity index (χ3v) is 13.4. The van der Waals surface area contributed by atoms with Gasteiger partial charge in [0.15, 0.2) is 0 Å². The summed E-state index contributed by atoms with van der Waals surface area (Å²) < 4.78 is 0. The summed E-state index contributed by atoms with van der Waals surface area (Å²) in [5.74, 6) is 5.83. The molecule has 320 valence electrons. The second-order valence-electron chi connectivity index (χ2n) is 14.2. The lowest BCUT2D eigenvalue weighted by molar-refractivity contribution is -0.121. The van der Waals surface area contributed by atoms with Crippen molar-refractivity contribution in [3.05, 3.63) is 50.6 Å². The summed E-state index contributed by atoms with van der Waals surface area (Å²) in [4.78, 5) is 100.0. The fraction of sp³-hybridized carbons (Fsp3) is 0.644. The largest absolute Gasteiger partial charge is 0.300 e. The number of ketones is 8. The number of carbonyl (C=O) groups excluding carboxylic acids is 8. The molecule has 0 N–H and O–H groups in total. The standard InChI is InChI=1S/C45H68O8S4/c1-5-9-37(46)17-29-54-33-21-41(50)13-25-45(26-14-42(51)22-34-55-30-18-38(47)10-6-2,27-15-43(52)23-35-56-31-19-39(48)11-7-3)28-16-44(53)24-36-57-32-20-40(49)12-8-4/h5-8H,1-4,9-36H2. The summed E-state index contributed by atoms with van der Waals surface area (Å²) in [7, 11) is 0. The van der Waals surface area contributed by atoms with Crippen molar-refractivity contribution < 1.29 is 38.4 Å². The molecule has 0 spiro atoms. The van der Waals surface area contributed by atoms with E-state index in [9.17, 15) is 38.4 Å². The van der Waals surface area contributed by atoms with Gasteiger partial charge in [0.05, 0.1) is 0 Å². The van der Waals surface area contributed by atoms with Gasteiger partial charge < -0.3 is 0 Å². The molecule has 0 bridgehead atoms. The van der Waals surface area contributed by atoms with Crippen LogP contribution in [0.15, 0.2) is 50.6 Å². The topological polar surface area (TPSA) is 137 Å². The molecule has 0 amide bonds. The summed E-state index contributed by atoms with van der Waals surface area (Å²) in [5.41, 5.74) is -0.556. The number of hydrogen-bond acceptors (Lipinski definition) is 12. The molecular weight excluding hydrogens is 797 g/mol. The highest BCUT2D eigenvalue weighted by molar-refractivity contribution is 7.99. The molecular formula is C45H68O8S4. The predicted molar refractivity (Wildman–Crippen MR) is 245 cm³/mol. The van der Waals surface area contributed by atoms with E-state index in [4.69, 9.17) is 0 Å². The highest BCUT2D eigenvalue weighted by atomic mass is 32.2. The van der Waals surface area contributed by atoms with Crippen molar-refractivity contribution in [1.29, 1.82) is 0 Å². The van der Waals surface area contributed by atoms with Crippen molar-refractivity contribution in [2.24, 2.45) is 5.41 Å². The molecule has 8 nitrogen and oxygen atoms in total. The molecule has 12 heteroatoms. The molecule has 0 saturated carbocycles. The van der Waals surface area contributed by atoms with Crippen LogP contribution >= 0.6 is 47.0 Å². The summed E-state index contributed by atoms with van der Waals surface area (Å²) in [6, 6.07) is 0. The van der Waals surface area contributed by atoms with E-state index in [1.807, 2.05) is 0 Å². The van der Waals surface area contributed by atoms with Crippen LogP contribution in [0, 0.1) is 5.41 Å². The average molecular weight is 865 g/mol. The number of Topliss-reactive ketones (excluding diaryl/α,β-unsaturated/α-hetero) is 8. The van der Waals surface area contributed by atoms with Gasteiger partial charge in [-0.15, -0.1) is 26.3 Å². The number of hydrogen-bond donors (Lipinski definition) is 0. The Hall–Kier alpha value is -2.28. The molecule has 0 aromatic carbocycles. The number of thioether (sulfide) groups is 4. The van der Waals surface area contributed by atoms with E-state index in [0.717, 1.165) is 0 Å². The molecule has 0 fully saturated rings. The average Bonchev–Trinajstić information content (AvgIpc) is 3.17. The van der Waals surface area contributed by atoms with Crippen LogP contribution in [0.1, 0.15) is 128 Å². The van der Waals surface area contributed by atoms with Crippen LogP contribution in [0.2, 0.25) is 0 Å². The first-order valence-corrected chi connectivity index (χ1v) is 24.9. The zero-order valence-corrected chi connectivity index (χ0v) is 37.6. The van der Waals surface area contributed by atoms with Gasteiger partial charge in [0.2, 0.25) is 0 Å². The maximum absolute atomic E-state index is 13.2. The quantitative estimate of drug-likeness (QED) is 0.0426. The van der Waals surface area contributed by atoms with E-state index in [1.165, 1.54) is 0 Å². The van der Waals surface area contributed by atoms with Crippen molar-refractivity contribution in [1.82, 2.24) is 0 Å². The van der Waals surface area contributed by atoms with Gasteiger partial charge in [0.1, 0.15) is 46.3 Å². The normalized spacial score (nSPS) is 11.1. The second kappa shape index (κ2) is 36.8. The molecule has 0 aromatic rings. The Labute approximate surface area is 360 Å². The molecule has 0 aliphatic heterocycles. The Morgan fingerprint density at radius 1 is 0.298 bits per heavy atom. The Bertz CT molecular complexity index is 1110. The number of rotatable bonds is 44. The molecule has 0 aliphatic rings. The molecule has 0 atom stereocenters. The minimum atomic E-state index is -0.556. The summed E-state index contributed by atoms with van der Waals surface area (Å²) >= 11 is 6.28. The summed E-state index contributed by atoms with van der Waals surface area (Å²) in [5, 5.41) is 0. The van der Waals surface area contributed by atoms with Gasteiger partial charge in [-0.25, -0.2) is 0 Å². The van der Waals surface area contributed by atoms with Gasteiger partial charge in [0, 0.05) is 149 Å². The van der Waals surface area contributed by atoms with E-state index >= 15 is 0 Å². The van der Waals surface area contributed by atoms with Crippen molar-refractivity contribution in [3.63, 3.8) is 0 Å². The molecule has 0 aliphatic carbocycles. The van der Waals surface area contributed by atoms with Crippen LogP contribution in [0.3, 0.4) is 0 Å². The molecule has 0 radical (unpaired) electrons. The maximum Gasteiger partial charge on any atom is 0.137 e. The smallest absolute Gasteiger partial charge is 0.137 e. The Morgan fingerprint density at radius 2 is 0.474 bits per heavy atom. The monoisotopic (exact) mass is 864 g/mol. The predicted octanol–water partition coefficient (Wildman–Crippen LogP) is 10.0. The number of carbonyl (C=O) groups is 8. The third kappa shape index (κ3) is 33.3. The lowest BCUT2D eigenvalue weighted by atomic mass is 9.70. The summed E-state index contributed by atoms with van der Waals surface area (Å²) in [6.45, 7) is 14.4. The van der Waals surface area contributed by atoms with Crippen LogP contribution < -0.4 is 0 Å². The van der Waals surface area contributed by atoms with Gasteiger partial charge in [-0.1, -0.05) is 24.3 Å². The molecule has 0 aromatic heterocycles. The Balaban J connectivity index is 5.69. The zero-order valence-electron chi connectivity index (χ0n) is 34.3. The molecule has 0 rings (SSSR count). The highest BCUT2D eigenvalue weighted by Crippen LogP contribution is 2.41. The van der Waals surface area contributed by atoms with Gasteiger partial charge in [0.25, 0.3) is 0 Å². The maximum atomic E-state index is 13.2. The lowest BCUT2D eigenvalue weighted by Crippen LogP contribution is -2.26. The van der Waals surface area contributed by atoms with Crippen LogP contribution in [0.25, 0.3) is 0 Å². The van der Waals surface area contributed by atoms with Crippen molar-refractivity contribution in [2.75, 3.05) is 46.0 Å². The van der Waals surface area contributed by atoms with Crippen LogP contribution in [0.4, 0.5) is 0 Å². The fourth-order valence-electron chi connectivity index (χ4n) is 5.82. The minimum absolute atomic E-state index is 0.0838. The lowest BCUT2D eigenvalue weighted by Gasteiger charge is -2.34. The molecule has 0 unspecified atom stereocenters. The molecule has 57 heavy (non-hydrogen) atoms. The first-order valence-electron chi connectivity index (χ1n) is 20.3. The molecule has 0 saturated heterocycles. The van der Waals surface area contributed by atoms with Gasteiger partial charge in [-0.3, -0.25) is 38.4 Å². The third-order valence-electron chi connectivity index (χ3n) is 9.43. The van der Waals surface area contributed by atoms with Gasteiger partial charge in [-0.05, 0) is 31.1 Å². The molecule has 0 heterocycles. The SMILES string of the molecule is C=CCC(=O)CCSCCC(=O)CCC(CCC(=O)CCSCCC(=O)CC=C)(CCC(=O)CCSCCC(=O)CC=C)CCC(=O)CCSCCC(=O)CC=C. The van der Waals surface area contributed by atoms with E-state index < -0.39 is 5.41 Å². The fourth-order valence-corrected chi connectivity index (χ4v) is 9.61. The van der Waals surface area contributed by atoms with E-state index in [1.54, 1.807) is 71.4 Å². The first kappa shape index (κ1) is 54.7. The first-order chi connectivity index (χ1) is 27.4. The Morgan fingerprint density at radius 3 is 0.649 bits per heavy atom. The van der Waals surface area contributed by atoms with Crippen LogP contribution in [-0.2, 0) is 38.4 Å². The summed E-state index contributed by atoms with van der Waals surface area (Å²) in [6.07, 6.45) is 14.0. The van der Waals surface area contributed by atoms with Crippen molar-refractivity contribution in [3.8, 4) is 0 Å². The van der Waals surface area contributed by atoms with E-state index in [0.29, 0.717) is 149 Å². The highest BCUT2D eigenvalue weighted by Gasteiger charge is 2.32. The van der Waals surface area contributed by atoms with Crippen LogP contribution in [0.5, 0.6) is 0 Å². The van der Waals surface area contributed by atoms with E-state index in [-0.39, 0.29) is 71.9 Å². The van der Waals surface area contributed by atoms with Gasteiger partial charge in [-0.2, -0.15) is 47.0 Å². The van der Waals surface area contributed by atoms with E-state index in [2.05, 4.69) is 26.3 Å². The van der Waals surface area contributed by atoms with Gasteiger partial charge >= 0.3 is 0 Å². The van der Waals surface area contributed by atoms with Crippen molar-refractivity contribution in [2.45, 2.75) is 128 Å². The number of allylic oxidation sites excluding steroid dienone is 4. The second-order valence-corrected chi connectivity index (χ2v) is 19.1. The van der Waals surface area contributed by atoms with Crippen molar-refractivity contribution >= 4 is 93.3 Å². The Kier molecular flexibility index (Phi) is 35.3.